The van der Waals surface area contributed by atoms with Crippen LogP contribution in [0.3, 0.4) is 0 Å². The van der Waals surface area contributed by atoms with Crippen molar-refractivity contribution in [2.45, 2.75) is 19.1 Å². The molecule has 0 saturated carbocycles. The third-order valence-electron chi connectivity index (χ3n) is 4.53. The van der Waals surface area contributed by atoms with Gasteiger partial charge in [0.05, 0.1) is 6.61 Å². The number of carbonyl (C=O) groups excluding carboxylic acids is 1. The van der Waals surface area contributed by atoms with Gasteiger partial charge in [0.2, 0.25) is 0 Å². The molecule has 2 unspecified atom stereocenters. The first-order chi connectivity index (χ1) is 13.1. The summed E-state index contributed by atoms with van der Waals surface area (Å²) in [6.07, 6.45) is 1.58. The minimum atomic E-state index is -0.494. The standard InChI is InChI=1S/C19H19BrN4O2S/c1-3-26-11-8-9-14(20)13(10-11)17-21-15-7-5-4-6-12(15)16-18(25)22-19(27-2)23-24(16)17/h4-10,16-17,21H,3H2,1-2H3,(H,22,23,25). The van der Waals surface area contributed by atoms with Crippen LogP contribution < -0.4 is 15.4 Å². The van der Waals surface area contributed by atoms with E-state index in [0.29, 0.717) is 11.8 Å². The van der Waals surface area contributed by atoms with Crippen molar-refractivity contribution >= 4 is 44.5 Å². The number of amides is 1. The van der Waals surface area contributed by atoms with Gasteiger partial charge in [0.25, 0.3) is 5.91 Å². The first kappa shape index (κ1) is 18.2. The van der Waals surface area contributed by atoms with Gasteiger partial charge in [-0.3, -0.25) is 9.80 Å². The second kappa shape index (κ2) is 7.44. The molecule has 0 aromatic heterocycles. The molecule has 4 rings (SSSR count). The Morgan fingerprint density at radius 1 is 1.26 bits per heavy atom. The first-order valence-electron chi connectivity index (χ1n) is 8.62. The third-order valence-corrected chi connectivity index (χ3v) is 5.82. The van der Waals surface area contributed by atoms with Crippen LogP contribution in [0.25, 0.3) is 0 Å². The van der Waals surface area contributed by atoms with Crippen LogP contribution in [0.15, 0.2) is 52.0 Å². The Morgan fingerprint density at radius 3 is 2.85 bits per heavy atom. The molecule has 0 fully saturated rings. The number of hydrogen-bond donors (Lipinski definition) is 2. The Morgan fingerprint density at radius 2 is 2.07 bits per heavy atom. The SMILES string of the molecule is CCOc1ccc(Br)c(C2Nc3ccccc3C3C(=O)NC(SC)=NN23)c1. The Labute approximate surface area is 170 Å². The van der Waals surface area contributed by atoms with Crippen LogP contribution >= 0.6 is 27.7 Å². The number of nitrogens with one attached hydrogen (secondary N) is 2. The fraction of sp³-hybridized carbons (Fsp3) is 0.263. The maximum atomic E-state index is 12.9. The molecule has 0 radical (unpaired) electrons. The number of hydrogen-bond acceptors (Lipinski definition) is 6. The van der Waals surface area contributed by atoms with E-state index in [-0.39, 0.29) is 12.1 Å². The highest BCUT2D eigenvalue weighted by Crippen LogP contribution is 2.44. The van der Waals surface area contributed by atoms with Crippen molar-refractivity contribution in [3.05, 3.63) is 58.1 Å². The van der Waals surface area contributed by atoms with Gasteiger partial charge in [0.15, 0.2) is 11.2 Å². The smallest absolute Gasteiger partial charge is 0.255 e. The molecule has 2 aromatic carbocycles. The van der Waals surface area contributed by atoms with Crippen molar-refractivity contribution in [1.82, 2.24) is 10.3 Å². The summed E-state index contributed by atoms with van der Waals surface area (Å²) in [6, 6.07) is 13.2. The predicted molar refractivity (Wildman–Crippen MR) is 112 cm³/mol. The number of nitrogens with zero attached hydrogens (tertiary/aromatic N) is 2. The molecule has 2 aromatic rings. The molecular weight excluding hydrogens is 428 g/mol. The average molecular weight is 447 g/mol. The van der Waals surface area contributed by atoms with Gasteiger partial charge in [-0.25, -0.2) is 0 Å². The molecule has 2 N–H and O–H groups in total. The summed E-state index contributed by atoms with van der Waals surface area (Å²) in [6.45, 7) is 2.54. The molecule has 1 amide bonds. The van der Waals surface area contributed by atoms with Gasteiger partial charge in [0, 0.05) is 21.3 Å². The third kappa shape index (κ3) is 3.27. The van der Waals surface area contributed by atoms with Crippen LogP contribution in [0.1, 0.15) is 30.3 Å². The van der Waals surface area contributed by atoms with Crippen LogP contribution in [0.4, 0.5) is 5.69 Å². The molecule has 0 aliphatic carbocycles. The second-order valence-corrected chi connectivity index (χ2v) is 7.78. The van der Waals surface area contributed by atoms with Crippen LogP contribution in [0.5, 0.6) is 5.75 Å². The van der Waals surface area contributed by atoms with E-state index >= 15 is 0 Å². The number of benzene rings is 2. The maximum Gasteiger partial charge on any atom is 0.255 e. The molecule has 0 bridgehead atoms. The number of hydrazone groups is 1. The highest BCUT2D eigenvalue weighted by Gasteiger charge is 2.42. The normalized spacial score (nSPS) is 20.8. The molecule has 6 nitrogen and oxygen atoms in total. The zero-order valence-corrected chi connectivity index (χ0v) is 17.3. The summed E-state index contributed by atoms with van der Waals surface area (Å²) >= 11 is 5.06. The van der Waals surface area contributed by atoms with Crippen LogP contribution in [0.2, 0.25) is 0 Å². The number of anilines is 1. The largest absolute Gasteiger partial charge is 0.494 e. The quantitative estimate of drug-likeness (QED) is 0.743. The molecule has 8 heteroatoms. The minimum absolute atomic E-state index is 0.0783. The van der Waals surface area contributed by atoms with Crippen molar-refractivity contribution in [2.75, 3.05) is 18.2 Å². The van der Waals surface area contributed by atoms with E-state index in [1.165, 1.54) is 11.8 Å². The average Bonchev–Trinajstić information content (AvgIpc) is 2.68. The fourth-order valence-corrected chi connectivity index (χ4v) is 4.19. The summed E-state index contributed by atoms with van der Waals surface area (Å²) in [5, 5.41) is 13.5. The van der Waals surface area contributed by atoms with E-state index in [4.69, 9.17) is 9.84 Å². The summed E-state index contributed by atoms with van der Waals surface area (Å²) in [5.41, 5.74) is 2.79. The van der Waals surface area contributed by atoms with Crippen molar-refractivity contribution in [2.24, 2.45) is 5.10 Å². The van der Waals surface area contributed by atoms with Gasteiger partial charge in [-0.2, -0.15) is 0 Å². The number of thioether (sulfide) groups is 1. The van der Waals surface area contributed by atoms with E-state index in [1.54, 1.807) is 0 Å². The van der Waals surface area contributed by atoms with E-state index in [9.17, 15) is 4.79 Å². The Balaban J connectivity index is 1.85. The molecule has 2 heterocycles. The maximum absolute atomic E-state index is 12.9. The lowest BCUT2D eigenvalue weighted by atomic mass is 9.97. The Hall–Kier alpha value is -2.19. The topological polar surface area (TPSA) is 66.0 Å². The van der Waals surface area contributed by atoms with Gasteiger partial charge >= 0.3 is 0 Å². The number of ether oxygens (including phenoxy) is 1. The molecular formula is C19H19BrN4O2S. The van der Waals surface area contributed by atoms with Gasteiger partial charge in [-0.15, -0.1) is 5.10 Å². The van der Waals surface area contributed by atoms with Crippen molar-refractivity contribution < 1.29 is 9.53 Å². The zero-order valence-electron chi connectivity index (χ0n) is 14.9. The molecule has 2 aliphatic heterocycles. The van der Waals surface area contributed by atoms with Crippen molar-refractivity contribution in [3.8, 4) is 5.75 Å². The second-order valence-electron chi connectivity index (χ2n) is 6.13. The van der Waals surface area contributed by atoms with E-state index < -0.39 is 6.04 Å². The monoisotopic (exact) mass is 446 g/mol. The first-order valence-corrected chi connectivity index (χ1v) is 10.6. The van der Waals surface area contributed by atoms with Gasteiger partial charge in [-0.05, 0) is 37.4 Å². The van der Waals surface area contributed by atoms with Crippen molar-refractivity contribution in [1.29, 1.82) is 0 Å². The van der Waals surface area contributed by atoms with E-state index in [2.05, 4.69) is 26.6 Å². The Kier molecular flexibility index (Phi) is 5.01. The lowest BCUT2D eigenvalue weighted by Crippen LogP contribution is -2.50. The van der Waals surface area contributed by atoms with Crippen LogP contribution in [-0.4, -0.2) is 28.9 Å². The molecule has 2 atom stereocenters. The predicted octanol–water partition coefficient (Wildman–Crippen LogP) is 4.08. The number of amidine groups is 1. The van der Waals surface area contributed by atoms with E-state index in [0.717, 1.165) is 27.0 Å². The van der Waals surface area contributed by atoms with E-state index in [1.807, 2.05) is 60.7 Å². The summed E-state index contributed by atoms with van der Waals surface area (Å²) < 4.78 is 6.60. The minimum Gasteiger partial charge on any atom is -0.494 e. The Bertz CT molecular complexity index is 920. The van der Waals surface area contributed by atoms with Gasteiger partial charge < -0.3 is 15.4 Å². The number of carbonyl (C=O) groups is 1. The number of para-hydroxylation sites is 1. The lowest BCUT2D eigenvalue weighted by molar-refractivity contribution is -0.127. The lowest BCUT2D eigenvalue weighted by Gasteiger charge is -2.43. The zero-order chi connectivity index (χ0) is 19.0. The van der Waals surface area contributed by atoms with Crippen molar-refractivity contribution in [3.63, 3.8) is 0 Å². The van der Waals surface area contributed by atoms with Gasteiger partial charge in [-0.1, -0.05) is 45.9 Å². The summed E-state index contributed by atoms with van der Waals surface area (Å²) in [5.74, 6) is 0.703. The van der Waals surface area contributed by atoms with Crippen LogP contribution in [0, 0.1) is 0 Å². The highest BCUT2D eigenvalue weighted by molar-refractivity contribution is 9.10. The number of halogens is 1. The number of rotatable bonds is 3. The molecule has 0 spiro atoms. The number of fused-ring (bicyclic) bond motifs is 3. The summed E-state index contributed by atoms with van der Waals surface area (Å²) in [4.78, 5) is 12.9. The molecule has 2 aliphatic rings. The van der Waals surface area contributed by atoms with Gasteiger partial charge in [0.1, 0.15) is 11.9 Å². The fourth-order valence-electron chi connectivity index (χ4n) is 3.35. The van der Waals surface area contributed by atoms with Crippen LogP contribution in [-0.2, 0) is 4.79 Å². The molecule has 0 saturated heterocycles. The summed E-state index contributed by atoms with van der Waals surface area (Å²) in [7, 11) is 0. The highest BCUT2D eigenvalue weighted by atomic mass is 79.9. The molecule has 27 heavy (non-hydrogen) atoms. The molecule has 140 valence electrons.